The fraction of sp³-hybridized carbons (Fsp3) is 0.475. The van der Waals surface area contributed by atoms with E-state index < -0.39 is 12.1 Å². The van der Waals surface area contributed by atoms with Crippen LogP contribution in [0, 0.1) is 11.8 Å². The van der Waals surface area contributed by atoms with Crippen LogP contribution in [0.5, 0.6) is 0 Å². The molecule has 1 unspecified atom stereocenters. The average molecular weight is 709 g/mol. The Morgan fingerprint density at radius 3 is 1.46 bits per heavy atom. The van der Waals surface area contributed by atoms with Crippen molar-refractivity contribution < 1.29 is 19.5 Å². The van der Waals surface area contributed by atoms with Gasteiger partial charge in [-0.1, -0.05) is 90.1 Å². The third-order valence-corrected chi connectivity index (χ3v) is 10.3. The molecule has 2 fully saturated rings. The van der Waals surface area contributed by atoms with E-state index in [1.165, 1.54) is 0 Å². The number of hydrogen-bond acceptors (Lipinski definition) is 6. The van der Waals surface area contributed by atoms with Gasteiger partial charge < -0.3 is 35.5 Å². The van der Waals surface area contributed by atoms with Gasteiger partial charge >= 0.3 is 6.09 Å². The van der Waals surface area contributed by atoms with Crippen molar-refractivity contribution >= 4 is 17.9 Å². The Kier molecular flexibility index (Phi) is 11.1. The van der Waals surface area contributed by atoms with Crippen LogP contribution in [0.3, 0.4) is 0 Å². The molecule has 2 saturated heterocycles. The Morgan fingerprint density at radius 2 is 1.08 bits per heavy atom. The highest BCUT2D eigenvalue weighted by molar-refractivity contribution is 5.86. The first-order valence-corrected chi connectivity index (χ1v) is 18.6. The molecule has 0 radical (unpaired) electrons. The van der Waals surface area contributed by atoms with Crippen LogP contribution < -0.4 is 10.6 Å². The number of H-pyrrole nitrogens is 2. The monoisotopic (exact) mass is 708 g/mol. The molecule has 4 heterocycles. The van der Waals surface area contributed by atoms with Gasteiger partial charge in [0.05, 0.1) is 41.9 Å². The molecular formula is C40H52N8O4. The molecule has 4 aromatic rings. The summed E-state index contributed by atoms with van der Waals surface area (Å²) in [4.78, 5) is 58.3. The lowest BCUT2D eigenvalue weighted by atomic mass is 10.0. The number of aromatic nitrogens is 4. The largest absolute Gasteiger partial charge is 0.465 e. The van der Waals surface area contributed by atoms with Gasteiger partial charge in [0.15, 0.2) is 0 Å². The number of amides is 3. The number of nitrogens with one attached hydrogen (secondary N) is 4. The van der Waals surface area contributed by atoms with Gasteiger partial charge in [-0.3, -0.25) is 9.59 Å². The molecule has 52 heavy (non-hydrogen) atoms. The van der Waals surface area contributed by atoms with Crippen LogP contribution in [-0.2, 0) is 9.59 Å². The maximum absolute atomic E-state index is 13.6. The summed E-state index contributed by atoms with van der Waals surface area (Å²) in [6.45, 7) is 13.3. The Balaban J connectivity index is 1.11. The minimum absolute atomic E-state index is 0.0573. The third kappa shape index (κ3) is 7.91. The van der Waals surface area contributed by atoms with Crippen LogP contribution in [0.4, 0.5) is 4.79 Å². The van der Waals surface area contributed by atoms with Crippen LogP contribution >= 0.6 is 0 Å². The first kappa shape index (κ1) is 36.8. The second-order valence-electron chi connectivity index (χ2n) is 15.1. The quantitative estimate of drug-likeness (QED) is 0.109. The maximum atomic E-state index is 13.6. The van der Waals surface area contributed by atoms with Gasteiger partial charge in [-0.25, -0.2) is 14.8 Å². The van der Waals surface area contributed by atoms with Crippen molar-refractivity contribution in [1.82, 2.24) is 40.4 Å². The normalized spacial score (nSPS) is 18.8. The van der Waals surface area contributed by atoms with Crippen molar-refractivity contribution in [3.05, 3.63) is 72.6 Å². The van der Waals surface area contributed by atoms with Crippen LogP contribution in [0.2, 0.25) is 0 Å². The van der Waals surface area contributed by atoms with Crippen molar-refractivity contribution in [1.29, 1.82) is 0 Å². The predicted octanol–water partition coefficient (Wildman–Crippen LogP) is 6.78. The number of nitrogens with zero attached hydrogens (tertiary/aromatic N) is 4. The SMILES string of the molecule is CC(C)N[C@H](C(=O)N1CCC[C@H]1c1ncc(-c2ccc(-c3ccc(-c4cnc(C5CCCN5C(=O)[C@@H](NC(=O)O)C(C)C)[nH]4)cc3)cc2)[nH]1)C(C)C. The van der Waals surface area contributed by atoms with Crippen molar-refractivity contribution in [3.8, 4) is 33.6 Å². The van der Waals surface area contributed by atoms with E-state index in [0.717, 1.165) is 71.7 Å². The zero-order chi connectivity index (χ0) is 37.1. The van der Waals surface area contributed by atoms with Gasteiger partial charge in [0.1, 0.15) is 17.7 Å². The van der Waals surface area contributed by atoms with Crippen molar-refractivity contribution in [3.63, 3.8) is 0 Å². The summed E-state index contributed by atoms with van der Waals surface area (Å²) in [6.07, 6.45) is 5.89. The Hall–Kier alpha value is -4.97. The number of carbonyl (C=O) groups excluding carboxylic acids is 2. The fourth-order valence-electron chi connectivity index (χ4n) is 7.53. The highest BCUT2D eigenvalue weighted by atomic mass is 16.4. The Morgan fingerprint density at radius 1 is 0.673 bits per heavy atom. The molecule has 276 valence electrons. The Labute approximate surface area is 305 Å². The van der Waals surface area contributed by atoms with E-state index in [9.17, 15) is 19.5 Å². The molecule has 2 aromatic heterocycles. The average Bonchev–Trinajstić information content (AvgIpc) is 3.95. The van der Waals surface area contributed by atoms with E-state index in [4.69, 9.17) is 4.98 Å². The Bertz CT molecular complexity index is 1850. The van der Waals surface area contributed by atoms with Crippen LogP contribution in [0.1, 0.15) is 91.0 Å². The molecule has 6 rings (SSSR count). The number of carboxylic acid groups (broad SMARTS) is 1. The van der Waals surface area contributed by atoms with Crippen molar-refractivity contribution in [2.45, 2.75) is 97.4 Å². The lowest BCUT2D eigenvalue weighted by molar-refractivity contribution is -0.136. The van der Waals surface area contributed by atoms with Gasteiger partial charge in [-0.05, 0) is 59.8 Å². The number of imidazole rings is 2. The smallest absolute Gasteiger partial charge is 0.405 e. The topological polar surface area (TPSA) is 159 Å². The molecule has 12 nitrogen and oxygen atoms in total. The highest BCUT2D eigenvalue weighted by Gasteiger charge is 2.38. The van der Waals surface area contributed by atoms with E-state index in [-0.39, 0.29) is 47.8 Å². The summed E-state index contributed by atoms with van der Waals surface area (Å²) < 4.78 is 0. The van der Waals surface area contributed by atoms with E-state index in [2.05, 4.69) is 102 Å². The summed E-state index contributed by atoms with van der Waals surface area (Å²) in [6, 6.07) is 15.6. The third-order valence-electron chi connectivity index (χ3n) is 10.3. The number of likely N-dealkylation sites (tertiary alicyclic amines) is 2. The molecule has 4 atom stereocenters. The van der Waals surface area contributed by atoms with E-state index >= 15 is 0 Å². The van der Waals surface area contributed by atoms with Gasteiger partial charge in [-0.2, -0.15) is 0 Å². The zero-order valence-electron chi connectivity index (χ0n) is 31.0. The first-order valence-electron chi connectivity index (χ1n) is 18.6. The van der Waals surface area contributed by atoms with Crippen LogP contribution in [0.15, 0.2) is 60.9 Å². The lowest BCUT2D eigenvalue weighted by Gasteiger charge is -2.31. The predicted molar refractivity (Wildman–Crippen MR) is 201 cm³/mol. The summed E-state index contributed by atoms with van der Waals surface area (Å²) in [5.74, 6) is 1.48. The molecule has 2 aliphatic rings. The summed E-state index contributed by atoms with van der Waals surface area (Å²) >= 11 is 0. The fourth-order valence-corrected chi connectivity index (χ4v) is 7.53. The number of aromatic amines is 2. The molecule has 0 bridgehead atoms. The molecule has 2 aliphatic heterocycles. The number of benzene rings is 2. The number of carbonyl (C=O) groups is 3. The minimum atomic E-state index is -1.20. The zero-order valence-corrected chi connectivity index (χ0v) is 31.0. The van der Waals surface area contributed by atoms with Gasteiger partial charge in [0.25, 0.3) is 0 Å². The molecule has 0 spiro atoms. The minimum Gasteiger partial charge on any atom is -0.465 e. The van der Waals surface area contributed by atoms with Crippen LogP contribution in [-0.4, -0.2) is 84.0 Å². The number of rotatable bonds is 12. The summed E-state index contributed by atoms with van der Waals surface area (Å²) in [5.41, 5.74) is 5.95. The van der Waals surface area contributed by atoms with Gasteiger partial charge in [0, 0.05) is 19.1 Å². The van der Waals surface area contributed by atoms with Gasteiger partial charge in [0.2, 0.25) is 11.8 Å². The second-order valence-corrected chi connectivity index (χ2v) is 15.1. The standard InChI is InChI=1S/C40H52N8O4/c1-23(2)34(43-25(5)6)38(49)47-19-7-9-32(47)36-41-21-30(44-36)28-15-11-26(12-16-28)27-13-17-29(18-14-27)31-22-42-37(45-31)33-10-8-20-48(33)39(50)35(24(3)4)46-40(51)52/h11-18,21-25,32-35,43,46H,7-10,19-20H2,1-6H3,(H,41,44)(H,42,45)(H,51,52)/t32-,33?,34-,35-/m0/s1. The lowest BCUT2D eigenvalue weighted by Crippen LogP contribution is -2.51. The molecule has 5 N–H and O–H groups in total. The van der Waals surface area contributed by atoms with E-state index in [0.29, 0.717) is 12.4 Å². The summed E-state index contributed by atoms with van der Waals surface area (Å²) in [5, 5.41) is 15.1. The van der Waals surface area contributed by atoms with Crippen molar-refractivity contribution in [2.75, 3.05) is 13.1 Å². The molecule has 0 saturated carbocycles. The molecule has 12 heteroatoms. The van der Waals surface area contributed by atoms with Crippen LogP contribution in [0.25, 0.3) is 33.6 Å². The van der Waals surface area contributed by atoms with Crippen molar-refractivity contribution in [2.24, 2.45) is 11.8 Å². The maximum Gasteiger partial charge on any atom is 0.405 e. The van der Waals surface area contributed by atoms with Gasteiger partial charge in [-0.15, -0.1) is 0 Å². The first-order chi connectivity index (χ1) is 24.9. The highest BCUT2D eigenvalue weighted by Crippen LogP contribution is 2.35. The van der Waals surface area contributed by atoms with E-state index in [1.54, 1.807) is 11.1 Å². The van der Waals surface area contributed by atoms with E-state index in [1.807, 2.05) is 24.9 Å². The molecule has 0 aliphatic carbocycles. The summed E-state index contributed by atoms with van der Waals surface area (Å²) in [7, 11) is 0. The second kappa shape index (κ2) is 15.7. The molecular weight excluding hydrogens is 656 g/mol. The molecule has 2 aromatic carbocycles. The number of hydrogen-bond donors (Lipinski definition) is 5. The molecule has 3 amide bonds.